The van der Waals surface area contributed by atoms with Crippen LogP contribution in [0.15, 0.2) is 11.0 Å². The van der Waals surface area contributed by atoms with Gasteiger partial charge in [0.2, 0.25) is 5.43 Å². The monoisotopic (exact) mass is 376 g/mol. The van der Waals surface area contributed by atoms with Gasteiger partial charge in [0.05, 0.1) is 16.6 Å². The van der Waals surface area contributed by atoms with Gasteiger partial charge in [0.25, 0.3) is 0 Å². The number of anilines is 1. The van der Waals surface area contributed by atoms with Gasteiger partial charge in [-0.25, -0.2) is 9.18 Å². The number of halogens is 1. The van der Waals surface area contributed by atoms with Crippen LogP contribution in [0.2, 0.25) is 0 Å². The zero-order valence-corrected chi connectivity index (χ0v) is 15.1. The van der Waals surface area contributed by atoms with Crippen molar-refractivity contribution in [3.05, 3.63) is 33.4 Å². The molecular weight excluding hydrogens is 355 g/mol. The van der Waals surface area contributed by atoms with Gasteiger partial charge in [-0.1, -0.05) is 6.92 Å². The lowest BCUT2D eigenvalue weighted by Gasteiger charge is -2.34. The Bertz CT molecular complexity index is 1020. The highest BCUT2D eigenvalue weighted by Crippen LogP contribution is 2.41. The SMILES string of the molecule is C[C@H]1CN(c2c(F)c(O)c3c(=O)c(C(=O)O)cn4c3c2CCN4C)C[C@H]1N. The molecule has 0 saturated carbocycles. The average Bonchev–Trinajstić information content (AvgIpc) is 2.93. The van der Waals surface area contributed by atoms with E-state index in [1.807, 2.05) is 11.8 Å². The third-order valence-electron chi connectivity index (χ3n) is 5.68. The molecule has 2 aliphatic rings. The lowest BCUT2D eigenvalue weighted by atomic mass is 9.98. The highest BCUT2D eigenvalue weighted by molar-refractivity contribution is 5.99. The first-order valence-electron chi connectivity index (χ1n) is 8.80. The molecule has 0 amide bonds. The quantitative estimate of drug-likeness (QED) is 0.698. The van der Waals surface area contributed by atoms with Crippen molar-refractivity contribution in [3.63, 3.8) is 0 Å². The molecule has 1 fully saturated rings. The number of carboxylic acids is 1. The van der Waals surface area contributed by atoms with Crippen molar-refractivity contribution in [1.82, 2.24) is 4.68 Å². The van der Waals surface area contributed by atoms with Gasteiger partial charge in [-0.05, 0) is 12.3 Å². The van der Waals surface area contributed by atoms with E-state index in [0.29, 0.717) is 37.1 Å². The molecule has 1 aromatic heterocycles. The number of carboxylic acid groups (broad SMARTS) is 1. The number of hydrogen-bond acceptors (Lipinski definition) is 6. The van der Waals surface area contributed by atoms with Gasteiger partial charge in [-0.15, -0.1) is 0 Å². The fourth-order valence-corrected chi connectivity index (χ4v) is 4.12. The Hall–Kier alpha value is -2.81. The predicted octanol–water partition coefficient (Wildman–Crippen LogP) is 0.452. The number of nitrogens with two attached hydrogens (primary N) is 1. The van der Waals surface area contributed by atoms with Crippen LogP contribution >= 0.6 is 0 Å². The molecular formula is C18H21FN4O4. The number of rotatable bonds is 2. The van der Waals surface area contributed by atoms with Crippen LogP contribution in [0.5, 0.6) is 5.75 Å². The molecule has 2 aromatic rings. The highest BCUT2D eigenvalue weighted by Gasteiger charge is 2.35. The molecule has 8 nitrogen and oxygen atoms in total. The first-order chi connectivity index (χ1) is 12.7. The zero-order chi connectivity index (χ0) is 19.6. The molecule has 0 bridgehead atoms. The molecule has 0 spiro atoms. The largest absolute Gasteiger partial charge is 0.504 e. The maximum atomic E-state index is 15.2. The number of phenols is 1. The summed E-state index contributed by atoms with van der Waals surface area (Å²) in [5.74, 6) is -2.96. The summed E-state index contributed by atoms with van der Waals surface area (Å²) in [7, 11) is 1.74. The number of likely N-dealkylation sites (N-methyl/N-ethyl adjacent to an activating group) is 1. The van der Waals surface area contributed by atoms with Gasteiger partial charge in [0.1, 0.15) is 5.56 Å². The third kappa shape index (κ3) is 2.38. The predicted molar refractivity (Wildman–Crippen MR) is 98.9 cm³/mol. The summed E-state index contributed by atoms with van der Waals surface area (Å²) in [6, 6.07) is -0.114. The molecule has 1 saturated heterocycles. The van der Waals surface area contributed by atoms with Crippen molar-refractivity contribution < 1.29 is 19.4 Å². The molecule has 2 aliphatic heterocycles. The molecule has 9 heteroatoms. The first kappa shape index (κ1) is 17.6. The number of phenolic OH excluding ortho intramolecular Hbond substituents is 1. The maximum absolute atomic E-state index is 15.2. The maximum Gasteiger partial charge on any atom is 0.341 e. The molecule has 0 unspecified atom stereocenters. The van der Waals surface area contributed by atoms with E-state index in [0.717, 1.165) is 0 Å². The van der Waals surface area contributed by atoms with E-state index in [1.165, 1.54) is 10.9 Å². The van der Waals surface area contributed by atoms with Crippen molar-refractivity contribution in [2.45, 2.75) is 19.4 Å². The van der Waals surface area contributed by atoms with Crippen LogP contribution in [0, 0.1) is 11.7 Å². The highest BCUT2D eigenvalue weighted by atomic mass is 19.1. The standard InChI is InChI=1S/C18H21FN4O4/c1-8-5-22(7-11(8)20)15-9-3-4-21(2)23-6-10(18(26)27)16(24)12(14(9)23)17(25)13(15)19/h6,8,11,25H,3-5,7,20H2,1-2H3,(H,26,27)/t8-,11+/m0/s1. The second-order valence-corrected chi connectivity index (χ2v) is 7.41. The number of aromatic hydroxyl groups is 1. The molecule has 1 aromatic carbocycles. The zero-order valence-electron chi connectivity index (χ0n) is 15.1. The van der Waals surface area contributed by atoms with Crippen molar-refractivity contribution in [1.29, 1.82) is 0 Å². The molecule has 4 N–H and O–H groups in total. The van der Waals surface area contributed by atoms with Gasteiger partial charge in [0, 0.05) is 44.5 Å². The number of benzene rings is 1. The summed E-state index contributed by atoms with van der Waals surface area (Å²) >= 11 is 0. The molecule has 4 rings (SSSR count). The Balaban J connectivity index is 2.10. The molecule has 0 radical (unpaired) electrons. The van der Waals surface area contributed by atoms with E-state index in [2.05, 4.69) is 0 Å². The molecule has 144 valence electrons. The van der Waals surface area contributed by atoms with E-state index < -0.39 is 28.5 Å². The van der Waals surface area contributed by atoms with Crippen LogP contribution < -0.4 is 21.1 Å². The molecule has 27 heavy (non-hydrogen) atoms. The Labute approximate surface area is 154 Å². The summed E-state index contributed by atoms with van der Waals surface area (Å²) in [5, 5.41) is 21.3. The lowest BCUT2D eigenvalue weighted by molar-refractivity contribution is 0.0695. The van der Waals surface area contributed by atoms with Crippen molar-refractivity contribution in [2.75, 3.05) is 36.6 Å². The van der Waals surface area contributed by atoms with Crippen LogP contribution in [-0.2, 0) is 6.42 Å². The third-order valence-corrected chi connectivity index (χ3v) is 5.68. The number of aromatic nitrogens is 1. The smallest absolute Gasteiger partial charge is 0.341 e. The number of nitrogens with zero attached hydrogens (tertiary/aromatic N) is 3. The van der Waals surface area contributed by atoms with Crippen molar-refractivity contribution in [2.24, 2.45) is 11.7 Å². The first-order valence-corrected chi connectivity index (χ1v) is 8.80. The van der Waals surface area contributed by atoms with E-state index in [-0.39, 0.29) is 23.0 Å². The fourth-order valence-electron chi connectivity index (χ4n) is 4.12. The van der Waals surface area contributed by atoms with Gasteiger partial charge < -0.3 is 25.9 Å². The summed E-state index contributed by atoms with van der Waals surface area (Å²) in [5.41, 5.74) is 5.88. The summed E-state index contributed by atoms with van der Waals surface area (Å²) < 4.78 is 16.7. The number of carbonyl (C=O) groups is 1. The normalized spacial score (nSPS) is 21.9. The minimum absolute atomic E-state index is 0.114. The van der Waals surface area contributed by atoms with Crippen molar-refractivity contribution in [3.8, 4) is 5.75 Å². The van der Waals surface area contributed by atoms with Crippen LogP contribution in [0.25, 0.3) is 10.9 Å². The van der Waals surface area contributed by atoms with Crippen LogP contribution in [0.3, 0.4) is 0 Å². The number of aromatic carboxylic acids is 1. The number of hydrogen-bond donors (Lipinski definition) is 3. The fraction of sp³-hybridized carbons (Fsp3) is 0.444. The topological polar surface area (TPSA) is 112 Å². The summed E-state index contributed by atoms with van der Waals surface area (Å²) in [4.78, 5) is 25.9. The van der Waals surface area contributed by atoms with Gasteiger partial charge >= 0.3 is 5.97 Å². The van der Waals surface area contributed by atoms with E-state index in [1.54, 1.807) is 12.1 Å². The minimum Gasteiger partial charge on any atom is -0.504 e. The van der Waals surface area contributed by atoms with Gasteiger partial charge in [0.15, 0.2) is 11.6 Å². The van der Waals surface area contributed by atoms with Crippen LogP contribution in [0.1, 0.15) is 22.8 Å². The van der Waals surface area contributed by atoms with E-state index >= 15 is 4.39 Å². The minimum atomic E-state index is -1.42. The number of pyridine rings is 1. The van der Waals surface area contributed by atoms with Crippen LogP contribution in [-0.4, -0.2) is 53.6 Å². The van der Waals surface area contributed by atoms with Crippen molar-refractivity contribution >= 4 is 22.6 Å². The van der Waals surface area contributed by atoms with Gasteiger partial charge in [-0.2, -0.15) is 0 Å². The summed E-state index contributed by atoms with van der Waals surface area (Å²) in [6.45, 7) is 3.49. The Morgan fingerprint density at radius 1 is 1.37 bits per heavy atom. The Morgan fingerprint density at radius 2 is 2.07 bits per heavy atom. The van der Waals surface area contributed by atoms with E-state index in [4.69, 9.17) is 5.73 Å². The molecule has 2 atom stereocenters. The second kappa shape index (κ2) is 5.85. The average molecular weight is 376 g/mol. The van der Waals surface area contributed by atoms with Gasteiger partial charge in [-0.3, -0.25) is 9.47 Å². The lowest BCUT2D eigenvalue weighted by Crippen LogP contribution is -2.39. The Kier molecular flexibility index (Phi) is 3.81. The second-order valence-electron chi connectivity index (χ2n) is 7.41. The molecule has 0 aliphatic carbocycles. The van der Waals surface area contributed by atoms with E-state index in [9.17, 15) is 19.8 Å². The molecule has 3 heterocycles. The van der Waals surface area contributed by atoms with Crippen LogP contribution in [0.4, 0.5) is 10.1 Å². The Morgan fingerprint density at radius 3 is 2.67 bits per heavy atom. The summed E-state index contributed by atoms with van der Waals surface area (Å²) in [6.07, 6.45) is 1.70.